The Hall–Kier alpha value is -1.91. The monoisotopic (exact) mass is 208 g/mol. The van der Waals surface area contributed by atoms with Crippen molar-refractivity contribution in [2.75, 3.05) is 0 Å². The van der Waals surface area contributed by atoms with Gasteiger partial charge < -0.3 is 9.51 Å². The second-order valence-electron chi connectivity index (χ2n) is 3.19. The van der Waals surface area contributed by atoms with Gasteiger partial charge in [-0.15, -0.1) is 0 Å². The molecule has 0 atom stereocenters. The molecule has 0 fully saturated rings. The van der Waals surface area contributed by atoms with Crippen molar-refractivity contribution in [3.8, 4) is 0 Å². The van der Waals surface area contributed by atoms with Gasteiger partial charge in [-0.1, -0.05) is 0 Å². The summed E-state index contributed by atoms with van der Waals surface area (Å²) in [5.41, 5.74) is 0.935. The fourth-order valence-electron chi connectivity index (χ4n) is 1.45. The first-order chi connectivity index (χ1) is 7.18. The highest BCUT2D eigenvalue weighted by molar-refractivity contribution is 5.67. The van der Waals surface area contributed by atoms with Crippen LogP contribution in [0.3, 0.4) is 0 Å². The third-order valence-electron chi connectivity index (χ3n) is 2.16. The molecule has 0 amide bonds. The molecule has 5 heteroatoms. The van der Waals surface area contributed by atoms with Gasteiger partial charge in [0.1, 0.15) is 0 Å². The number of aryl methyl sites for hydroxylation is 1. The number of pyridine rings is 1. The second-order valence-corrected chi connectivity index (χ2v) is 3.19. The molecular weight excluding hydrogens is 199 g/mol. The predicted molar refractivity (Wildman–Crippen MR) is 51.1 cm³/mol. The molecule has 0 radical (unpaired) electrons. The number of halogens is 1. The van der Waals surface area contributed by atoms with Gasteiger partial charge in [0.15, 0.2) is 11.5 Å². The summed E-state index contributed by atoms with van der Waals surface area (Å²) in [4.78, 5) is 14.3. The highest BCUT2D eigenvalue weighted by Crippen LogP contribution is 2.11. The summed E-state index contributed by atoms with van der Waals surface area (Å²) in [5.74, 6) is -1.28. The van der Waals surface area contributed by atoms with E-state index >= 15 is 0 Å². The molecule has 0 aromatic carbocycles. The van der Waals surface area contributed by atoms with E-state index in [1.807, 2.05) is 0 Å². The Morgan fingerprint density at radius 3 is 3.13 bits per heavy atom. The number of carboxylic acid groups (broad SMARTS) is 1. The van der Waals surface area contributed by atoms with Gasteiger partial charge in [0, 0.05) is 24.5 Å². The van der Waals surface area contributed by atoms with Crippen LogP contribution in [-0.2, 0) is 11.2 Å². The molecule has 78 valence electrons. The number of carboxylic acids is 1. The van der Waals surface area contributed by atoms with Gasteiger partial charge in [-0.2, -0.15) is 0 Å². The first-order valence-electron chi connectivity index (χ1n) is 4.51. The molecule has 2 aromatic rings. The number of nitrogens with zero attached hydrogens (tertiary/aromatic N) is 2. The van der Waals surface area contributed by atoms with Gasteiger partial charge in [-0.3, -0.25) is 4.79 Å². The molecule has 4 nitrogen and oxygen atoms in total. The van der Waals surface area contributed by atoms with Crippen LogP contribution >= 0.6 is 0 Å². The first-order valence-corrected chi connectivity index (χ1v) is 4.51. The molecule has 0 spiro atoms. The quantitative estimate of drug-likeness (QED) is 0.831. The molecule has 0 aliphatic carbocycles. The Balaban J connectivity index is 2.37. The lowest BCUT2D eigenvalue weighted by molar-refractivity contribution is -0.136. The SMILES string of the molecule is O=C(O)CCc1cnc2c(F)cccn12. The molecule has 0 unspecified atom stereocenters. The van der Waals surface area contributed by atoms with E-state index in [-0.39, 0.29) is 12.1 Å². The van der Waals surface area contributed by atoms with Crippen LogP contribution in [0.4, 0.5) is 4.39 Å². The maximum atomic E-state index is 13.2. The second kappa shape index (κ2) is 3.68. The van der Waals surface area contributed by atoms with Gasteiger partial charge in [0.05, 0.1) is 6.42 Å². The molecule has 2 rings (SSSR count). The van der Waals surface area contributed by atoms with E-state index in [0.29, 0.717) is 12.1 Å². The number of imidazole rings is 1. The Bertz CT molecular complexity index is 507. The largest absolute Gasteiger partial charge is 0.481 e. The van der Waals surface area contributed by atoms with Crippen LogP contribution in [0, 0.1) is 5.82 Å². The Kier molecular flexibility index (Phi) is 2.37. The van der Waals surface area contributed by atoms with E-state index in [1.165, 1.54) is 12.3 Å². The fourth-order valence-corrected chi connectivity index (χ4v) is 1.45. The van der Waals surface area contributed by atoms with Crippen LogP contribution in [0.15, 0.2) is 24.5 Å². The smallest absolute Gasteiger partial charge is 0.303 e. The van der Waals surface area contributed by atoms with E-state index in [2.05, 4.69) is 4.98 Å². The first kappa shape index (κ1) is 9.64. The van der Waals surface area contributed by atoms with Gasteiger partial charge in [0.25, 0.3) is 0 Å². The number of hydrogen-bond donors (Lipinski definition) is 1. The van der Waals surface area contributed by atoms with E-state index in [0.717, 1.165) is 0 Å². The van der Waals surface area contributed by atoms with Crippen molar-refractivity contribution in [1.82, 2.24) is 9.38 Å². The van der Waals surface area contributed by atoms with Crippen LogP contribution in [-0.4, -0.2) is 20.5 Å². The van der Waals surface area contributed by atoms with E-state index in [1.54, 1.807) is 16.7 Å². The minimum absolute atomic E-state index is 0.0182. The van der Waals surface area contributed by atoms with Crippen LogP contribution < -0.4 is 0 Å². The lowest BCUT2D eigenvalue weighted by Crippen LogP contribution is -2.00. The molecule has 0 aliphatic rings. The summed E-state index contributed by atoms with van der Waals surface area (Å²) in [5, 5.41) is 8.54. The van der Waals surface area contributed by atoms with Crippen LogP contribution in [0.2, 0.25) is 0 Å². The molecule has 2 aromatic heterocycles. The summed E-state index contributed by atoms with van der Waals surface area (Å²) in [7, 11) is 0. The van der Waals surface area contributed by atoms with Gasteiger partial charge >= 0.3 is 5.97 Å². The molecular formula is C10H9FN2O2. The summed E-state index contributed by atoms with van der Waals surface area (Å²) in [6.45, 7) is 0. The summed E-state index contributed by atoms with van der Waals surface area (Å²) >= 11 is 0. The summed E-state index contributed by atoms with van der Waals surface area (Å²) in [6, 6.07) is 2.89. The molecule has 0 saturated carbocycles. The zero-order chi connectivity index (χ0) is 10.8. The van der Waals surface area contributed by atoms with Gasteiger partial charge in [0.2, 0.25) is 0 Å². The third-order valence-corrected chi connectivity index (χ3v) is 2.16. The van der Waals surface area contributed by atoms with Crippen molar-refractivity contribution in [2.45, 2.75) is 12.8 Å². The Morgan fingerprint density at radius 2 is 2.40 bits per heavy atom. The summed E-state index contributed by atoms with van der Waals surface area (Å²) in [6.07, 6.45) is 3.54. The third kappa shape index (κ3) is 1.81. The minimum atomic E-state index is -0.874. The van der Waals surface area contributed by atoms with Crippen molar-refractivity contribution in [1.29, 1.82) is 0 Å². The fraction of sp³-hybridized carbons (Fsp3) is 0.200. The average Bonchev–Trinajstić information content (AvgIpc) is 2.59. The molecule has 0 aliphatic heterocycles. The highest BCUT2D eigenvalue weighted by atomic mass is 19.1. The van der Waals surface area contributed by atoms with Crippen molar-refractivity contribution in [3.63, 3.8) is 0 Å². The standard InChI is InChI=1S/C10H9FN2O2/c11-8-2-1-5-13-7(3-4-9(14)15)6-12-10(8)13/h1-2,5-6H,3-4H2,(H,14,15). The maximum Gasteiger partial charge on any atom is 0.303 e. The van der Waals surface area contributed by atoms with Crippen molar-refractivity contribution < 1.29 is 14.3 Å². The Labute approximate surface area is 85.0 Å². The lowest BCUT2D eigenvalue weighted by Gasteiger charge is -1.99. The zero-order valence-electron chi connectivity index (χ0n) is 7.85. The summed E-state index contributed by atoms with van der Waals surface area (Å²) < 4.78 is 14.8. The molecule has 15 heavy (non-hydrogen) atoms. The molecule has 1 N–H and O–H groups in total. The zero-order valence-corrected chi connectivity index (χ0v) is 7.85. The van der Waals surface area contributed by atoms with Crippen molar-refractivity contribution in [3.05, 3.63) is 36.0 Å². The topological polar surface area (TPSA) is 54.6 Å². The van der Waals surface area contributed by atoms with E-state index in [9.17, 15) is 9.18 Å². The normalized spacial score (nSPS) is 10.7. The van der Waals surface area contributed by atoms with Crippen molar-refractivity contribution in [2.24, 2.45) is 0 Å². The number of hydrogen-bond acceptors (Lipinski definition) is 2. The van der Waals surface area contributed by atoms with E-state index < -0.39 is 11.8 Å². The number of carbonyl (C=O) groups is 1. The minimum Gasteiger partial charge on any atom is -0.481 e. The maximum absolute atomic E-state index is 13.2. The average molecular weight is 208 g/mol. The highest BCUT2D eigenvalue weighted by Gasteiger charge is 2.07. The number of aromatic nitrogens is 2. The predicted octanol–water partition coefficient (Wildman–Crippen LogP) is 1.49. The van der Waals surface area contributed by atoms with Gasteiger partial charge in [-0.05, 0) is 12.1 Å². The number of rotatable bonds is 3. The molecule has 0 bridgehead atoms. The van der Waals surface area contributed by atoms with Gasteiger partial charge in [-0.25, -0.2) is 9.37 Å². The lowest BCUT2D eigenvalue weighted by atomic mass is 10.2. The van der Waals surface area contributed by atoms with Crippen molar-refractivity contribution >= 4 is 11.6 Å². The Morgan fingerprint density at radius 1 is 1.60 bits per heavy atom. The van der Waals surface area contributed by atoms with Crippen LogP contribution in [0.25, 0.3) is 5.65 Å². The number of fused-ring (bicyclic) bond motifs is 1. The van der Waals surface area contributed by atoms with Crippen LogP contribution in [0.5, 0.6) is 0 Å². The number of aliphatic carboxylic acids is 1. The molecule has 2 heterocycles. The molecule has 0 saturated heterocycles. The van der Waals surface area contributed by atoms with E-state index in [4.69, 9.17) is 5.11 Å². The van der Waals surface area contributed by atoms with Crippen LogP contribution in [0.1, 0.15) is 12.1 Å².